The van der Waals surface area contributed by atoms with E-state index >= 15 is 0 Å². The number of hydrogen-bond acceptors (Lipinski definition) is 3. The van der Waals surface area contributed by atoms with Crippen molar-refractivity contribution in [2.45, 2.75) is 26.7 Å². The molecule has 0 atom stereocenters. The van der Waals surface area contributed by atoms with E-state index in [1.165, 1.54) is 0 Å². The maximum Gasteiger partial charge on any atom is 0.254 e. The Morgan fingerprint density at radius 1 is 1.39 bits per heavy atom. The fraction of sp³-hybridized carbons (Fsp3) is 0.308. The average Bonchev–Trinajstić information content (AvgIpc) is 2.27. The minimum absolute atomic E-state index is 0.0925. The van der Waals surface area contributed by atoms with Crippen molar-refractivity contribution in [2.24, 2.45) is 0 Å². The van der Waals surface area contributed by atoms with Crippen molar-refractivity contribution in [3.05, 3.63) is 44.4 Å². The van der Waals surface area contributed by atoms with Crippen molar-refractivity contribution >= 4 is 15.9 Å². The second kappa shape index (κ2) is 5.02. The van der Waals surface area contributed by atoms with Crippen LogP contribution in [0.4, 0.5) is 0 Å². The number of nitrogens with zero attached hydrogens (tertiary/aromatic N) is 2. The lowest BCUT2D eigenvalue weighted by molar-refractivity contribution is 0.814. The second-order valence-corrected chi connectivity index (χ2v) is 5.26. The summed E-state index contributed by atoms with van der Waals surface area (Å²) in [6.07, 6.45) is 1.67. The number of aryl methyl sites for hydroxylation is 1. The predicted octanol–water partition coefficient (Wildman–Crippen LogP) is 3.03. The highest BCUT2D eigenvalue weighted by molar-refractivity contribution is 9.10. The minimum Gasteiger partial charge on any atom is -0.305 e. The Bertz CT molecular complexity index is 634. The highest BCUT2D eigenvalue weighted by Gasteiger charge is 2.14. The standard InChI is InChI=1S/C13H14BrN3O/c1-7(2)10-8(3)16-12(17-13(10)18)11-9(14)5-4-6-15-11/h4-7H,1-3H3,(H,16,17,18). The number of aromatic amines is 1. The molecule has 0 aliphatic carbocycles. The lowest BCUT2D eigenvalue weighted by Crippen LogP contribution is -2.18. The molecule has 1 N–H and O–H groups in total. The molecule has 0 saturated carbocycles. The molecule has 0 aromatic carbocycles. The summed E-state index contributed by atoms with van der Waals surface area (Å²) in [5.74, 6) is 0.650. The fourth-order valence-electron chi connectivity index (χ4n) is 1.95. The van der Waals surface area contributed by atoms with Crippen LogP contribution in [0.15, 0.2) is 27.6 Å². The van der Waals surface area contributed by atoms with Gasteiger partial charge in [-0.25, -0.2) is 4.98 Å². The summed E-state index contributed by atoms with van der Waals surface area (Å²) < 4.78 is 0.810. The first-order valence-corrected chi connectivity index (χ1v) is 6.51. The van der Waals surface area contributed by atoms with Crippen LogP contribution in [0.2, 0.25) is 0 Å². The summed E-state index contributed by atoms with van der Waals surface area (Å²) in [6, 6.07) is 3.69. The molecule has 18 heavy (non-hydrogen) atoms. The molecule has 0 aliphatic heterocycles. The van der Waals surface area contributed by atoms with Crippen LogP contribution in [0.25, 0.3) is 11.5 Å². The van der Waals surface area contributed by atoms with Gasteiger partial charge in [-0.2, -0.15) is 0 Å². The molecule has 5 heteroatoms. The van der Waals surface area contributed by atoms with E-state index in [2.05, 4.69) is 30.9 Å². The molecule has 2 heterocycles. The number of halogens is 1. The molecule has 0 radical (unpaired) electrons. The monoisotopic (exact) mass is 307 g/mol. The number of hydrogen-bond donors (Lipinski definition) is 1. The lowest BCUT2D eigenvalue weighted by atomic mass is 10.0. The molecule has 4 nitrogen and oxygen atoms in total. The van der Waals surface area contributed by atoms with E-state index in [1.807, 2.05) is 32.9 Å². The van der Waals surface area contributed by atoms with Crippen LogP contribution < -0.4 is 5.56 Å². The van der Waals surface area contributed by atoms with Gasteiger partial charge in [-0.3, -0.25) is 9.78 Å². The molecule has 0 aliphatic rings. The summed E-state index contributed by atoms with van der Waals surface area (Å²) in [6.45, 7) is 5.82. The van der Waals surface area contributed by atoms with Gasteiger partial charge in [0.25, 0.3) is 5.56 Å². The first-order chi connectivity index (χ1) is 8.50. The lowest BCUT2D eigenvalue weighted by Gasteiger charge is -2.09. The summed E-state index contributed by atoms with van der Waals surface area (Å²) in [7, 11) is 0. The van der Waals surface area contributed by atoms with E-state index < -0.39 is 0 Å². The normalized spacial score (nSPS) is 10.9. The van der Waals surface area contributed by atoms with Gasteiger partial charge >= 0.3 is 0 Å². The van der Waals surface area contributed by atoms with Crippen molar-refractivity contribution in [3.8, 4) is 11.5 Å². The van der Waals surface area contributed by atoms with Crippen LogP contribution in [0.5, 0.6) is 0 Å². The minimum atomic E-state index is -0.0925. The Kier molecular flexibility index (Phi) is 3.61. The molecule has 2 aromatic rings. The third kappa shape index (κ3) is 2.36. The van der Waals surface area contributed by atoms with E-state index in [4.69, 9.17) is 0 Å². The molecule has 0 amide bonds. The molecule has 2 aromatic heterocycles. The maximum atomic E-state index is 12.0. The largest absolute Gasteiger partial charge is 0.305 e. The topological polar surface area (TPSA) is 58.6 Å². The third-order valence-corrected chi connectivity index (χ3v) is 3.35. The number of H-pyrrole nitrogens is 1. The third-order valence-electron chi connectivity index (χ3n) is 2.71. The average molecular weight is 308 g/mol. The number of aromatic nitrogens is 3. The molecule has 2 rings (SSSR count). The van der Waals surface area contributed by atoms with E-state index in [0.717, 1.165) is 15.7 Å². The highest BCUT2D eigenvalue weighted by Crippen LogP contribution is 2.23. The van der Waals surface area contributed by atoms with Crippen LogP contribution in [-0.4, -0.2) is 15.0 Å². The van der Waals surface area contributed by atoms with Crippen LogP contribution in [0.1, 0.15) is 31.0 Å². The smallest absolute Gasteiger partial charge is 0.254 e. The molecule has 0 unspecified atom stereocenters. The first-order valence-electron chi connectivity index (χ1n) is 5.72. The molecule has 0 bridgehead atoms. The molecular weight excluding hydrogens is 294 g/mol. The number of nitrogens with one attached hydrogen (secondary N) is 1. The van der Waals surface area contributed by atoms with Crippen LogP contribution in [-0.2, 0) is 0 Å². The molecule has 0 saturated heterocycles. The first kappa shape index (κ1) is 13.0. The summed E-state index contributed by atoms with van der Waals surface area (Å²) in [5.41, 5.74) is 2.03. The van der Waals surface area contributed by atoms with Crippen molar-refractivity contribution < 1.29 is 0 Å². The van der Waals surface area contributed by atoms with Crippen molar-refractivity contribution in [1.29, 1.82) is 0 Å². The zero-order valence-electron chi connectivity index (χ0n) is 10.5. The Balaban J connectivity index is 2.63. The van der Waals surface area contributed by atoms with Gasteiger partial charge in [0.2, 0.25) is 0 Å². The van der Waals surface area contributed by atoms with Gasteiger partial charge in [0.15, 0.2) is 5.82 Å². The Morgan fingerprint density at radius 2 is 2.11 bits per heavy atom. The fourth-order valence-corrected chi connectivity index (χ4v) is 2.39. The van der Waals surface area contributed by atoms with Crippen LogP contribution in [0, 0.1) is 6.92 Å². The van der Waals surface area contributed by atoms with Gasteiger partial charge in [0.05, 0.1) is 0 Å². The highest BCUT2D eigenvalue weighted by atomic mass is 79.9. The van der Waals surface area contributed by atoms with Crippen molar-refractivity contribution in [1.82, 2.24) is 15.0 Å². The van der Waals surface area contributed by atoms with E-state index in [-0.39, 0.29) is 11.5 Å². The van der Waals surface area contributed by atoms with Crippen LogP contribution in [0.3, 0.4) is 0 Å². The SMILES string of the molecule is Cc1nc(-c2ncccc2Br)[nH]c(=O)c1C(C)C. The van der Waals surface area contributed by atoms with Gasteiger partial charge in [0.1, 0.15) is 5.69 Å². The quantitative estimate of drug-likeness (QED) is 0.927. The predicted molar refractivity (Wildman–Crippen MR) is 74.6 cm³/mol. The van der Waals surface area contributed by atoms with E-state index in [9.17, 15) is 4.79 Å². The zero-order valence-corrected chi connectivity index (χ0v) is 12.1. The van der Waals surface area contributed by atoms with E-state index in [0.29, 0.717) is 11.5 Å². The Hall–Kier alpha value is -1.49. The van der Waals surface area contributed by atoms with Crippen molar-refractivity contribution in [2.75, 3.05) is 0 Å². The van der Waals surface area contributed by atoms with Gasteiger partial charge < -0.3 is 4.98 Å². The molecular formula is C13H14BrN3O. The summed E-state index contributed by atoms with van der Waals surface area (Å²) in [5, 5.41) is 0. The summed E-state index contributed by atoms with van der Waals surface area (Å²) >= 11 is 3.41. The van der Waals surface area contributed by atoms with Crippen molar-refractivity contribution in [3.63, 3.8) is 0 Å². The Morgan fingerprint density at radius 3 is 2.67 bits per heavy atom. The molecule has 0 spiro atoms. The second-order valence-electron chi connectivity index (χ2n) is 4.40. The molecule has 0 fully saturated rings. The summed E-state index contributed by atoms with van der Waals surface area (Å²) in [4.78, 5) is 23.5. The van der Waals surface area contributed by atoms with Gasteiger partial charge in [-0.05, 0) is 40.9 Å². The Labute approximate surface area is 114 Å². The molecule has 94 valence electrons. The van der Waals surface area contributed by atoms with Gasteiger partial charge in [-0.1, -0.05) is 13.8 Å². The van der Waals surface area contributed by atoms with Gasteiger partial charge in [0, 0.05) is 21.9 Å². The number of pyridine rings is 1. The zero-order chi connectivity index (χ0) is 13.3. The number of rotatable bonds is 2. The van der Waals surface area contributed by atoms with E-state index in [1.54, 1.807) is 6.20 Å². The van der Waals surface area contributed by atoms with Gasteiger partial charge in [-0.15, -0.1) is 0 Å². The maximum absolute atomic E-state index is 12.0. The van der Waals surface area contributed by atoms with Crippen LogP contribution >= 0.6 is 15.9 Å².